The van der Waals surface area contributed by atoms with Crippen molar-refractivity contribution >= 4 is 23.3 Å². The van der Waals surface area contributed by atoms with Gasteiger partial charge in [0.2, 0.25) is 11.8 Å². The Morgan fingerprint density at radius 2 is 1.86 bits per heavy atom. The van der Waals surface area contributed by atoms with E-state index >= 15 is 0 Å². The Morgan fingerprint density at radius 1 is 1.18 bits per heavy atom. The van der Waals surface area contributed by atoms with Crippen LogP contribution < -0.4 is 15.0 Å². The summed E-state index contributed by atoms with van der Waals surface area (Å²) in [5.41, 5.74) is -0.199. The molecule has 1 aliphatic heterocycles. The molecule has 0 unspecified atom stereocenters. The number of rotatable bonds is 5. The Labute approximate surface area is 164 Å². The highest BCUT2D eigenvalue weighted by molar-refractivity contribution is 6.09. The number of carbonyl (C=O) groups excluding carboxylic acids is 2. The molecule has 1 saturated heterocycles. The van der Waals surface area contributed by atoms with Crippen molar-refractivity contribution < 1.29 is 18.8 Å². The molecule has 3 rings (SSSR count). The van der Waals surface area contributed by atoms with Gasteiger partial charge in [-0.25, -0.2) is 0 Å². The highest BCUT2D eigenvalue weighted by atomic mass is 16.5. The zero-order valence-electron chi connectivity index (χ0n) is 16.7. The summed E-state index contributed by atoms with van der Waals surface area (Å²) in [6, 6.07) is 9.44. The number of nitrogens with one attached hydrogen (secondary N) is 1. The Morgan fingerprint density at radius 3 is 2.46 bits per heavy atom. The summed E-state index contributed by atoms with van der Waals surface area (Å²) in [6.07, 6.45) is 0. The van der Waals surface area contributed by atoms with Gasteiger partial charge in [0.25, 0.3) is 0 Å². The molecule has 2 amide bonds. The summed E-state index contributed by atoms with van der Waals surface area (Å²) >= 11 is 0. The van der Waals surface area contributed by atoms with Crippen LogP contribution in [0.5, 0.6) is 5.75 Å². The van der Waals surface area contributed by atoms with Crippen molar-refractivity contribution in [2.45, 2.75) is 20.8 Å². The smallest absolute Gasteiger partial charge is 0.240 e. The van der Waals surface area contributed by atoms with Gasteiger partial charge in [-0.05, 0) is 32.9 Å². The number of para-hydroxylation sites is 2. The highest BCUT2D eigenvalue weighted by Gasteiger charge is 2.40. The highest BCUT2D eigenvalue weighted by Crippen LogP contribution is 2.29. The maximum Gasteiger partial charge on any atom is 0.240 e. The zero-order valence-corrected chi connectivity index (χ0v) is 16.7. The first-order valence-electron chi connectivity index (χ1n) is 9.25. The molecular formula is C20H26N4O4. The summed E-state index contributed by atoms with van der Waals surface area (Å²) < 4.78 is 10.4. The largest absolute Gasteiger partial charge is 0.495 e. The quantitative estimate of drug-likeness (QED) is 0.794. The van der Waals surface area contributed by atoms with Crippen LogP contribution in [0.25, 0.3) is 0 Å². The SMILES string of the molecule is COc1ccccc1N1CCN(C(=O)C(C)(C)C(=O)Nc2cc(C)on2)CC1. The van der Waals surface area contributed by atoms with E-state index < -0.39 is 11.3 Å². The molecule has 1 aromatic carbocycles. The molecule has 0 atom stereocenters. The Bertz CT molecular complexity index is 853. The third-order valence-corrected chi connectivity index (χ3v) is 4.96. The summed E-state index contributed by atoms with van der Waals surface area (Å²) in [5, 5.41) is 6.41. The van der Waals surface area contributed by atoms with Gasteiger partial charge >= 0.3 is 0 Å². The summed E-state index contributed by atoms with van der Waals surface area (Å²) in [4.78, 5) is 29.6. The minimum absolute atomic E-state index is 0.204. The monoisotopic (exact) mass is 386 g/mol. The van der Waals surface area contributed by atoms with E-state index in [1.165, 1.54) is 0 Å². The van der Waals surface area contributed by atoms with Gasteiger partial charge in [-0.2, -0.15) is 0 Å². The lowest BCUT2D eigenvalue weighted by atomic mass is 9.90. The molecular weight excluding hydrogens is 360 g/mol. The second kappa shape index (κ2) is 7.92. The second-order valence-corrected chi connectivity index (χ2v) is 7.35. The Kier molecular flexibility index (Phi) is 5.58. The van der Waals surface area contributed by atoms with E-state index in [0.29, 0.717) is 37.8 Å². The molecule has 8 heteroatoms. The predicted octanol–water partition coefficient (Wildman–Crippen LogP) is 2.31. The fraction of sp³-hybridized carbons (Fsp3) is 0.450. The number of carbonyl (C=O) groups is 2. The maximum atomic E-state index is 13.0. The Hall–Kier alpha value is -3.03. The van der Waals surface area contributed by atoms with Crippen molar-refractivity contribution in [3.8, 4) is 5.75 Å². The molecule has 0 bridgehead atoms. The van der Waals surface area contributed by atoms with Gasteiger partial charge < -0.3 is 24.4 Å². The van der Waals surface area contributed by atoms with Crippen LogP contribution in [0.2, 0.25) is 0 Å². The number of hydrogen-bond donors (Lipinski definition) is 1. The third kappa shape index (κ3) is 3.95. The average molecular weight is 386 g/mol. The number of ether oxygens (including phenoxy) is 1. The molecule has 1 fully saturated rings. The molecule has 0 spiro atoms. The van der Waals surface area contributed by atoms with E-state index in [-0.39, 0.29) is 5.91 Å². The maximum absolute atomic E-state index is 13.0. The number of benzene rings is 1. The molecule has 150 valence electrons. The van der Waals surface area contributed by atoms with Crippen molar-refractivity contribution in [1.29, 1.82) is 0 Å². The Balaban J connectivity index is 1.62. The summed E-state index contributed by atoms with van der Waals surface area (Å²) in [5.74, 6) is 1.10. The van der Waals surface area contributed by atoms with E-state index in [0.717, 1.165) is 11.4 Å². The first-order chi connectivity index (χ1) is 13.3. The molecule has 1 N–H and O–H groups in total. The molecule has 0 aliphatic carbocycles. The number of aryl methyl sites for hydroxylation is 1. The normalized spacial score (nSPS) is 14.7. The van der Waals surface area contributed by atoms with E-state index in [2.05, 4.69) is 15.4 Å². The van der Waals surface area contributed by atoms with Gasteiger partial charge in [0, 0.05) is 32.2 Å². The van der Waals surface area contributed by atoms with Gasteiger partial charge in [-0.15, -0.1) is 0 Å². The van der Waals surface area contributed by atoms with Crippen molar-refractivity contribution in [3.63, 3.8) is 0 Å². The fourth-order valence-electron chi connectivity index (χ4n) is 3.23. The standard InChI is InChI=1S/C20H26N4O4/c1-14-13-17(22-28-14)21-18(25)20(2,3)19(26)24-11-9-23(10-12-24)15-7-5-6-8-16(15)27-4/h5-8,13H,9-12H2,1-4H3,(H,21,22,25). The number of nitrogens with zero attached hydrogens (tertiary/aromatic N) is 3. The fourth-order valence-corrected chi connectivity index (χ4v) is 3.23. The summed E-state index contributed by atoms with van der Waals surface area (Å²) in [7, 11) is 1.65. The van der Waals surface area contributed by atoms with Crippen molar-refractivity contribution in [1.82, 2.24) is 10.1 Å². The zero-order chi connectivity index (χ0) is 20.3. The van der Waals surface area contributed by atoms with Gasteiger partial charge in [0.15, 0.2) is 5.82 Å². The first kappa shape index (κ1) is 19.7. The van der Waals surface area contributed by atoms with Crippen LogP contribution in [0.3, 0.4) is 0 Å². The molecule has 2 aromatic rings. The van der Waals surface area contributed by atoms with E-state index in [4.69, 9.17) is 9.26 Å². The lowest BCUT2D eigenvalue weighted by Crippen LogP contribution is -2.54. The van der Waals surface area contributed by atoms with Crippen LogP contribution in [-0.4, -0.2) is 55.2 Å². The summed E-state index contributed by atoms with van der Waals surface area (Å²) in [6.45, 7) is 7.42. The van der Waals surface area contributed by atoms with Crippen LogP contribution in [0, 0.1) is 12.3 Å². The van der Waals surface area contributed by atoms with Crippen LogP contribution >= 0.6 is 0 Å². The number of hydrogen-bond acceptors (Lipinski definition) is 6. The van der Waals surface area contributed by atoms with Crippen LogP contribution in [0.1, 0.15) is 19.6 Å². The molecule has 1 aromatic heterocycles. The minimum atomic E-state index is -1.21. The number of amides is 2. The van der Waals surface area contributed by atoms with Gasteiger partial charge in [0.05, 0.1) is 12.8 Å². The molecule has 0 saturated carbocycles. The van der Waals surface area contributed by atoms with E-state index in [1.807, 2.05) is 24.3 Å². The number of methoxy groups -OCH3 is 1. The van der Waals surface area contributed by atoms with Gasteiger partial charge in [-0.3, -0.25) is 9.59 Å². The second-order valence-electron chi connectivity index (χ2n) is 7.35. The number of piperazine rings is 1. The van der Waals surface area contributed by atoms with Gasteiger partial charge in [-0.1, -0.05) is 17.3 Å². The van der Waals surface area contributed by atoms with E-state index in [9.17, 15) is 9.59 Å². The van der Waals surface area contributed by atoms with Gasteiger partial charge in [0.1, 0.15) is 16.9 Å². The molecule has 0 radical (unpaired) electrons. The third-order valence-electron chi connectivity index (χ3n) is 4.96. The lowest BCUT2D eigenvalue weighted by molar-refractivity contribution is -0.146. The molecule has 8 nitrogen and oxygen atoms in total. The van der Waals surface area contributed by atoms with Crippen LogP contribution in [0.4, 0.5) is 11.5 Å². The molecule has 2 heterocycles. The number of anilines is 2. The van der Waals surface area contributed by atoms with Crippen molar-refractivity contribution in [3.05, 3.63) is 36.1 Å². The predicted molar refractivity (Wildman–Crippen MR) is 105 cm³/mol. The first-order valence-corrected chi connectivity index (χ1v) is 9.25. The van der Waals surface area contributed by atoms with E-state index in [1.54, 1.807) is 38.8 Å². The molecule has 28 heavy (non-hydrogen) atoms. The van der Waals surface area contributed by atoms with Crippen molar-refractivity contribution in [2.75, 3.05) is 43.5 Å². The van der Waals surface area contributed by atoms with Crippen molar-refractivity contribution in [2.24, 2.45) is 5.41 Å². The lowest BCUT2D eigenvalue weighted by Gasteiger charge is -2.39. The number of aromatic nitrogens is 1. The topological polar surface area (TPSA) is 87.9 Å². The van der Waals surface area contributed by atoms with Crippen LogP contribution in [-0.2, 0) is 9.59 Å². The minimum Gasteiger partial charge on any atom is -0.495 e. The average Bonchev–Trinajstić information content (AvgIpc) is 3.12. The molecule has 1 aliphatic rings. The van der Waals surface area contributed by atoms with Crippen LogP contribution in [0.15, 0.2) is 34.9 Å².